The fourth-order valence-electron chi connectivity index (χ4n) is 5.04. The van der Waals surface area contributed by atoms with Gasteiger partial charge in [0.25, 0.3) is 10.0 Å². The molecule has 1 fully saturated rings. The summed E-state index contributed by atoms with van der Waals surface area (Å²) in [5.41, 5.74) is 2.14. The van der Waals surface area contributed by atoms with E-state index >= 15 is 0 Å². The molecule has 4 rings (SSSR count). The van der Waals surface area contributed by atoms with Crippen LogP contribution in [0, 0.1) is 6.92 Å². The van der Waals surface area contributed by atoms with Gasteiger partial charge in [0.2, 0.25) is 11.8 Å². The average Bonchev–Trinajstić information content (AvgIpc) is 2.95. The van der Waals surface area contributed by atoms with Gasteiger partial charge in [-0.15, -0.1) is 0 Å². The fourth-order valence-corrected chi connectivity index (χ4v) is 6.65. The van der Waals surface area contributed by atoms with Crippen LogP contribution in [-0.4, -0.2) is 43.8 Å². The van der Waals surface area contributed by atoms with Gasteiger partial charge in [0, 0.05) is 17.6 Å². The molecule has 212 valence electrons. The molecule has 0 heterocycles. The molecule has 0 aromatic heterocycles. The van der Waals surface area contributed by atoms with Gasteiger partial charge >= 0.3 is 0 Å². The normalized spacial score (nSPS) is 14.8. The summed E-state index contributed by atoms with van der Waals surface area (Å²) in [6.07, 6.45) is 5.13. The second-order valence-corrected chi connectivity index (χ2v) is 12.6. The molecule has 3 aromatic carbocycles. The van der Waals surface area contributed by atoms with Crippen molar-refractivity contribution in [3.63, 3.8) is 0 Å². The summed E-state index contributed by atoms with van der Waals surface area (Å²) in [5.74, 6) is -0.736. The van der Waals surface area contributed by atoms with Crippen LogP contribution in [0.25, 0.3) is 0 Å². The Balaban J connectivity index is 1.67. The Labute approximate surface area is 242 Å². The third-order valence-corrected chi connectivity index (χ3v) is 9.28. The van der Waals surface area contributed by atoms with Crippen LogP contribution in [0.5, 0.6) is 0 Å². The van der Waals surface area contributed by atoms with Gasteiger partial charge < -0.3 is 10.2 Å². The Kier molecular flexibility index (Phi) is 9.87. The lowest BCUT2D eigenvalue weighted by Crippen LogP contribution is -2.53. The molecule has 1 aliphatic carbocycles. The highest BCUT2D eigenvalue weighted by Gasteiger charge is 2.33. The number of nitrogens with zero attached hydrogens (tertiary/aromatic N) is 2. The highest BCUT2D eigenvalue weighted by Crippen LogP contribution is 2.27. The van der Waals surface area contributed by atoms with Crippen LogP contribution >= 0.6 is 11.6 Å². The number of aryl methyl sites for hydroxylation is 1. The van der Waals surface area contributed by atoms with Crippen molar-refractivity contribution >= 4 is 39.1 Å². The topological polar surface area (TPSA) is 86.8 Å². The number of amides is 2. The number of carbonyl (C=O) groups is 2. The highest BCUT2D eigenvalue weighted by atomic mass is 35.5. The van der Waals surface area contributed by atoms with E-state index in [0.717, 1.165) is 47.5 Å². The lowest BCUT2D eigenvalue weighted by atomic mass is 9.95. The molecule has 0 bridgehead atoms. The number of hydrogen-bond acceptors (Lipinski definition) is 4. The Morgan fingerprint density at radius 3 is 2.33 bits per heavy atom. The third kappa shape index (κ3) is 7.43. The fraction of sp³-hybridized carbons (Fsp3) is 0.355. The van der Waals surface area contributed by atoms with E-state index in [-0.39, 0.29) is 29.1 Å². The molecule has 1 aliphatic rings. The molecule has 3 aromatic rings. The van der Waals surface area contributed by atoms with Crippen molar-refractivity contribution in [2.45, 2.75) is 69.5 Å². The van der Waals surface area contributed by atoms with Gasteiger partial charge in [-0.1, -0.05) is 85.0 Å². The zero-order chi connectivity index (χ0) is 28.7. The zero-order valence-electron chi connectivity index (χ0n) is 22.9. The van der Waals surface area contributed by atoms with Crippen molar-refractivity contribution in [3.05, 3.63) is 95.0 Å². The molecular formula is C31H36ClN3O4S. The number of hydrogen-bond donors (Lipinski definition) is 1. The molecule has 0 saturated heterocycles. The van der Waals surface area contributed by atoms with E-state index in [9.17, 15) is 18.0 Å². The first-order chi connectivity index (χ1) is 19.1. The summed E-state index contributed by atoms with van der Waals surface area (Å²) in [6.45, 7) is 3.32. The lowest BCUT2D eigenvalue weighted by molar-refractivity contribution is -0.139. The predicted octanol–water partition coefficient (Wildman–Crippen LogP) is 5.71. The Morgan fingerprint density at radius 2 is 1.65 bits per heavy atom. The monoisotopic (exact) mass is 581 g/mol. The standard InChI is InChI=1S/C31H36ClN3O4S/c1-23-11-9-12-25(19-23)21-34(24(2)31(37)33-27-14-5-3-6-15-27)30(36)22-35(28-16-10-13-26(32)20-28)40(38,39)29-17-7-4-8-18-29/h4,7-13,16-20,24,27H,3,5-6,14-15,21-22H2,1-2H3,(H,33,37)/t24-/m1/s1. The smallest absolute Gasteiger partial charge is 0.264 e. The SMILES string of the molecule is Cc1cccc(CN(C(=O)CN(c2cccc(Cl)c2)S(=O)(=O)c2ccccc2)[C@H](C)C(=O)NC2CCCCC2)c1. The first kappa shape index (κ1) is 29.6. The molecule has 0 spiro atoms. The van der Waals surface area contributed by atoms with Crippen LogP contribution in [0.3, 0.4) is 0 Å². The molecule has 9 heteroatoms. The summed E-state index contributed by atoms with van der Waals surface area (Å²) in [6, 6.07) is 21.4. The van der Waals surface area contributed by atoms with Gasteiger partial charge in [-0.05, 0) is 62.6 Å². The number of sulfonamides is 1. The van der Waals surface area contributed by atoms with Crippen LogP contribution in [0.4, 0.5) is 5.69 Å². The summed E-state index contributed by atoms with van der Waals surface area (Å²) >= 11 is 6.22. The van der Waals surface area contributed by atoms with E-state index in [0.29, 0.717) is 5.02 Å². The van der Waals surface area contributed by atoms with E-state index in [2.05, 4.69) is 5.32 Å². The molecule has 1 atom stereocenters. The Morgan fingerprint density at radius 1 is 0.950 bits per heavy atom. The first-order valence-electron chi connectivity index (χ1n) is 13.6. The molecule has 1 saturated carbocycles. The van der Waals surface area contributed by atoms with Crippen molar-refractivity contribution in [1.82, 2.24) is 10.2 Å². The maximum Gasteiger partial charge on any atom is 0.264 e. The van der Waals surface area contributed by atoms with E-state index in [1.165, 1.54) is 23.1 Å². The number of nitrogens with one attached hydrogen (secondary N) is 1. The number of anilines is 1. The number of halogens is 1. The van der Waals surface area contributed by atoms with Crippen molar-refractivity contribution in [2.24, 2.45) is 0 Å². The number of rotatable bonds is 10. The molecule has 0 unspecified atom stereocenters. The first-order valence-corrected chi connectivity index (χ1v) is 15.5. The zero-order valence-corrected chi connectivity index (χ0v) is 24.5. The van der Waals surface area contributed by atoms with Gasteiger partial charge in [0.1, 0.15) is 12.6 Å². The van der Waals surface area contributed by atoms with Gasteiger partial charge in [-0.2, -0.15) is 0 Å². The second kappa shape index (κ2) is 13.3. The molecule has 0 radical (unpaired) electrons. The Bertz CT molecular complexity index is 1430. The molecule has 1 N–H and O–H groups in total. The summed E-state index contributed by atoms with van der Waals surface area (Å²) < 4.78 is 28.7. The minimum atomic E-state index is -4.12. The molecule has 7 nitrogen and oxygen atoms in total. The van der Waals surface area contributed by atoms with Crippen LogP contribution in [-0.2, 0) is 26.2 Å². The predicted molar refractivity (Wildman–Crippen MR) is 159 cm³/mol. The van der Waals surface area contributed by atoms with Crippen molar-refractivity contribution in [2.75, 3.05) is 10.8 Å². The van der Waals surface area contributed by atoms with Crippen molar-refractivity contribution in [3.8, 4) is 0 Å². The Hall–Kier alpha value is -3.36. The number of carbonyl (C=O) groups excluding carboxylic acids is 2. The maximum atomic E-state index is 14.0. The van der Waals surface area contributed by atoms with Crippen LogP contribution in [0.15, 0.2) is 83.8 Å². The van der Waals surface area contributed by atoms with E-state index in [1.807, 2.05) is 31.2 Å². The second-order valence-electron chi connectivity index (χ2n) is 10.3. The van der Waals surface area contributed by atoms with E-state index in [4.69, 9.17) is 11.6 Å². The van der Waals surface area contributed by atoms with E-state index < -0.39 is 28.5 Å². The maximum absolute atomic E-state index is 14.0. The van der Waals surface area contributed by atoms with Crippen LogP contribution < -0.4 is 9.62 Å². The van der Waals surface area contributed by atoms with Crippen molar-refractivity contribution in [1.29, 1.82) is 0 Å². The minimum Gasteiger partial charge on any atom is -0.352 e. The molecular weight excluding hydrogens is 546 g/mol. The minimum absolute atomic E-state index is 0.0519. The quantitative estimate of drug-likeness (QED) is 0.332. The molecule has 0 aliphatic heterocycles. The van der Waals surface area contributed by atoms with Gasteiger partial charge in [0.15, 0.2) is 0 Å². The molecule has 40 heavy (non-hydrogen) atoms. The third-order valence-electron chi connectivity index (χ3n) is 7.26. The van der Waals surface area contributed by atoms with Crippen LogP contribution in [0.1, 0.15) is 50.2 Å². The highest BCUT2D eigenvalue weighted by molar-refractivity contribution is 7.92. The lowest BCUT2D eigenvalue weighted by Gasteiger charge is -2.33. The average molecular weight is 582 g/mol. The largest absolute Gasteiger partial charge is 0.352 e. The summed E-state index contributed by atoms with van der Waals surface area (Å²) in [5, 5.41) is 3.46. The molecule has 2 amide bonds. The summed E-state index contributed by atoms with van der Waals surface area (Å²) in [7, 11) is -4.12. The number of benzene rings is 3. The van der Waals surface area contributed by atoms with Gasteiger partial charge in [0.05, 0.1) is 10.6 Å². The van der Waals surface area contributed by atoms with Crippen LogP contribution in [0.2, 0.25) is 5.02 Å². The summed E-state index contributed by atoms with van der Waals surface area (Å²) in [4.78, 5) is 28.9. The van der Waals surface area contributed by atoms with Gasteiger partial charge in [-0.25, -0.2) is 8.42 Å². The van der Waals surface area contributed by atoms with E-state index in [1.54, 1.807) is 43.3 Å². The van der Waals surface area contributed by atoms with Crippen molar-refractivity contribution < 1.29 is 18.0 Å². The van der Waals surface area contributed by atoms with Gasteiger partial charge in [-0.3, -0.25) is 13.9 Å².